The molecule has 23 heavy (non-hydrogen) atoms. The summed E-state index contributed by atoms with van der Waals surface area (Å²) >= 11 is 0. The maximum atomic E-state index is 10.1. The van der Waals surface area contributed by atoms with E-state index in [0.29, 0.717) is 24.2 Å². The number of aliphatic hydroxyl groups excluding tert-OH is 1. The van der Waals surface area contributed by atoms with Gasteiger partial charge in [0, 0.05) is 25.6 Å². The normalized spacial score (nSPS) is 22.7. The van der Waals surface area contributed by atoms with E-state index < -0.39 is 6.10 Å². The summed E-state index contributed by atoms with van der Waals surface area (Å²) in [6, 6.07) is 4.61. The van der Waals surface area contributed by atoms with E-state index in [2.05, 4.69) is 25.9 Å². The van der Waals surface area contributed by atoms with E-state index in [4.69, 9.17) is 5.26 Å². The van der Waals surface area contributed by atoms with Crippen molar-refractivity contribution in [2.24, 2.45) is 5.92 Å². The van der Waals surface area contributed by atoms with E-state index in [1.54, 1.807) is 13.1 Å². The molecule has 0 aliphatic heterocycles. The molecule has 2 heterocycles. The number of nitrogens with zero attached hydrogens (tertiary/aromatic N) is 4. The van der Waals surface area contributed by atoms with Crippen LogP contribution in [0.4, 0.5) is 5.82 Å². The lowest BCUT2D eigenvalue weighted by Gasteiger charge is -2.30. The number of hydrogen-bond donors (Lipinski definition) is 2. The van der Waals surface area contributed by atoms with Gasteiger partial charge in [-0.25, -0.2) is 9.97 Å². The van der Waals surface area contributed by atoms with Gasteiger partial charge in [-0.1, -0.05) is 0 Å². The first-order valence-electron chi connectivity index (χ1n) is 8.24. The predicted molar refractivity (Wildman–Crippen MR) is 88.9 cm³/mol. The zero-order valence-electron chi connectivity index (χ0n) is 13.7. The van der Waals surface area contributed by atoms with E-state index in [1.165, 1.54) is 0 Å². The molecule has 1 atom stereocenters. The summed E-state index contributed by atoms with van der Waals surface area (Å²) in [7, 11) is 1.84. The molecule has 0 bridgehead atoms. The number of rotatable bonds is 4. The molecule has 122 valence electrons. The molecule has 0 radical (unpaired) electrons. The van der Waals surface area contributed by atoms with Gasteiger partial charge >= 0.3 is 0 Å². The first-order valence-corrected chi connectivity index (χ1v) is 8.24. The summed E-state index contributed by atoms with van der Waals surface area (Å²) in [6.07, 6.45) is 5.95. The van der Waals surface area contributed by atoms with Crippen LogP contribution in [0.5, 0.6) is 0 Å². The van der Waals surface area contributed by atoms with E-state index in [9.17, 15) is 5.11 Å². The minimum Gasteiger partial charge on any atom is -0.385 e. The molecule has 6 heteroatoms. The second-order valence-electron chi connectivity index (χ2n) is 6.36. The molecule has 2 aromatic rings. The van der Waals surface area contributed by atoms with Gasteiger partial charge in [0.2, 0.25) is 0 Å². The summed E-state index contributed by atoms with van der Waals surface area (Å²) in [5.41, 5.74) is 1.84. The molecular formula is C17H23N5O. The number of aliphatic hydroxyl groups is 1. The number of nitrogens with one attached hydrogen (secondary N) is 1. The lowest BCUT2D eigenvalue weighted by molar-refractivity contribution is 0.175. The molecule has 0 aromatic carbocycles. The summed E-state index contributed by atoms with van der Waals surface area (Å²) in [4.78, 5) is 8.90. The van der Waals surface area contributed by atoms with Crippen molar-refractivity contribution in [3.63, 3.8) is 0 Å². The Balaban J connectivity index is 1.98. The average Bonchev–Trinajstić information content (AvgIpc) is 2.94. The molecule has 0 amide bonds. The highest BCUT2D eigenvalue weighted by atomic mass is 16.3. The van der Waals surface area contributed by atoms with Crippen molar-refractivity contribution in [3.8, 4) is 6.07 Å². The summed E-state index contributed by atoms with van der Waals surface area (Å²) < 4.78 is 2.19. The Morgan fingerprint density at radius 3 is 2.78 bits per heavy atom. The highest BCUT2D eigenvalue weighted by Crippen LogP contribution is 2.37. The van der Waals surface area contributed by atoms with Crippen molar-refractivity contribution in [3.05, 3.63) is 18.1 Å². The Hall–Kier alpha value is -2.13. The van der Waals surface area contributed by atoms with Crippen LogP contribution in [0.3, 0.4) is 0 Å². The van der Waals surface area contributed by atoms with Gasteiger partial charge in [-0.15, -0.1) is 0 Å². The van der Waals surface area contributed by atoms with Crippen LogP contribution in [0.25, 0.3) is 11.0 Å². The molecule has 6 nitrogen and oxygen atoms in total. The second-order valence-corrected chi connectivity index (χ2v) is 6.36. The summed E-state index contributed by atoms with van der Waals surface area (Å²) in [5, 5.41) is 22.1. The third-order valence-corrected chi connectivity index (χ3v) is 4.79. The molecule has 0 unspecified atom stereocenters. The monoisotopic (exact) mass is 313 g/mol. The first-order chi connectivity index (χ1) is 11.1. The van der Waals surface area contributed by atoms with Gasteiger partial charge in [-0.3, -0.25) is 0 Å². The number of aromatic nitrogens is 3. The molecule has 1 saturated carbocycles. The van der Waals surface area contributed by atoms with Crippen molar-refractivity contribution in [2.45, 2.75) is 51.2 Å². The Kier molecular flexibility index (Phi) is 4.49. The van der Waals surface area contributed by atoms with Crippen LogP contribution in [0.15, 0.2) is 12.3 Å². The van der Waals surface area contributed by atoms with E-state index >= 15 is 0 Å². The molecule has 1 fully saturated rings. The maximum absolute atomic E-state index is 10.1. The molecular weight excluding hydrogens is 290 g/mol. The standard InChI is InChI=1S/C17H23N5O/c1-11(23)17-21-14-10-20-16(19-2)9-15(14)22(17)13-5-3-12(4-6-13)7-8-18/h9-13,23H,3-7H2,1-2H3,(H,19,20)/t11-,12?,13?/m0/s1. The third kappa shape index (κ3) is 3.02. The van der Waals surface area contributed by atoms with Gasteiger partial charge in [-0.05, 0) is 38.5 Å². The maximum Gasteiger partial charge on any atom is 0.138 e. The Labute approximate surface area is 136 Å². The van der Waals surface area contributed by atoms with E-state index in [0.717, 1.165) is 42.5 Å². The third-order valence-electron chi connectivity index (χ3n) is 4.79. The van der Waals surface area contributed by atoms with Crippen molar-refractivity contribution < 1.29 is 5.11 Å². The zero-order chi connectivity index (χ0) is 16.4. The van der Waals surface area contributed by atoms with Crippen LogP contribution in [0.2, 0.25) is 0 Å². The first kappa shape index (κ1) is 15.8. The fourth-order valence-corrected chi connectivity index (χ4v) is 3.57. The number of pyridine rings is 1. The second kappa shape index (κ2) is 6.55. The SMILES string of the molecule is CNc1cc2c(cn1)nc([C@H](C)O)n2C1CCC(CC#N)CC1. The van der Waals surface area contributed by atoms with Crippen LogP contribution in [0.1, 0.15) is 57.0 Å². The fourth-order valence-electron chi connectivity index (χ4n) is 3.57. The molecule has 1 aliphatic rings. The van der Waals surface area contributed by atoms with Crippen molar-refractivity contribution in [1.29, 1.82) is 5.26 Å². The highest BCUT2D eigenvalue weighted by Gasteiger charge is 2.27. The minimum atomic E-state index is -0.614. The molecule has 0 spiro atoms. The average molecular weight is 313 g/mol. The summed E-state index contributed by atoms with van der Waals surface area (Å²) in [5.74, 6) is 2.02. The van der Waals surface area contributed by atoms with Gasteiger partial charge in [0.25, 0.3) is 0 Å². The van der Waals surface area contributed by atoms with Gasteiger partial charge in [-0.2, -0.15) is 5.26 Å². The minimum absolute atomic E-state index is 0.326. The van der Waals surface area contributed by atoms with E-state index in [-0.39, 0.29) is 0 Å². The van der Waals surface area contributed by atoms with Gasteiger partial charge in [0.15, 0.2) is 0 Å². The van der Waals surface area contributed by atoms with Crippen LogP contribution < -0.4 is 5.32 Å². The molecule has 2 N–H and O–H groups in total. The highest BCUT2D eigenvalue weighted by molar-refractivity contribution is 5.78. The van der Waals surface area contributed by atoms with Crippen LogP contribution >= 0.6 is 0 Å². The number of fused-ring (bicyclic) bond motifs is 1. The lowest BCUT2D eigenvalue weighted by atomic mass is 9.84. The Bertz CT molecular complexity index is 722. The van der Waals surface area contributed by atoms with Crippen molar-refractivity contribution in [1.82, 2.24) is 14.5 Å². The topological polar surface area (TPSA) is 86.8 Å². The number of imidazole rings is 1. The van der Waals surface area contributed by atoms with Crippen LogP contribution in [-0.2, 0) is 0 Å². The summed E-state index contributed by atoms with van der Waals surface area (Å²) in [6.45, 7) is 1.76. The number of hydrogen-bond acceptors (Lipinski definition) is 5. The fraction of sp³-hybridized carbons (Fsp3) is 0.588. The number of anilines is 1. The number of nitriles is 1. The van der Waals surface area contributed by atoms with Gasteiger partial charge in [0.1, 0.15) is 23.3 Å². The molecule has 2 aromatic heterocycles. The Morgan fingerprint density at radius 2 is 2.17 bits per heavy atom. The Morgan fingerprint density at radius 1 is 1.43 bits per heavy atom. The smallest absolute Gasteiger partial charge is 0.138 e. The zero-order valence-corrected chi connectivity index (χ0v) is 13.7. The molecule has 1 aliphatic carbocycles. The van der Waals surface area contributed by atoms with Crippen molar-refractivity contribution in [2.75, 3.05) is 12.4 Å². The molecule has 3 rings (SSSR count). The van der Waals surface area contributed by atoms with Crippen LogP contribution in [-0.4, -0.2) is 26.7 Å². The van der Waals surface area contributed by atoms with Crippen LogP contribution in [0, 0.1) is 17.2 Å². The predicted octanol–water partition coefficient (Wildman–Crippen LogP) is 3.17. The quantitative estimate of drug-likeness (QED) is 0.905. The largest absolute Gasteiger partial charge is 0.385 e. The lowest BCUT2D eigenvalue weighted by Crippen LogP contribution is -2.20. The van der Waals surface area contributed by atoms with Gasteiger partial charge < -0.3 is 15.0 Å². The molecule has 0 saturated heterocycles. The van der Waals surface area contributed by atoms with Gasteiger partial charge in [0.05, 0.1) is 17.8 Å². The van der Waals surface area contributed by atoms with Crippen molar-refractivity contribution >= 4 is 16.9 Å². The van der Waals surface area contributed by atoms with E-state index in [1.807, 2.05) is 13.1 Å².